The van der Waals surface area contributed by atoms with Gasteiger partial charge in [0.25, 0.3) is 5.91 Å². The van der Waals surface area contributed by atoms with Crippen LogP contribution in [0.3, 0.4) is 0 Å². The quantitative estimate of drug-likeness (QED) is 0.874. The van der Waals surface area contributed by atoms with Crippen molar-refractivity contribution >= 4 is 5.91 Å². The Morgan fingerprint density at radius 3 is 2.95 bits per heavy atom. The Hall–Kier alpha value is -1.71. The van der Waals surface area contributed by atoms with Crippen molar-refractivity contribution in [3.8, 4) is 11.5 Å². The van der Waals surface area contributed by atoms with Gasteiger partial charge in [-0.15, -0.1) is 0 Å². The summed E-state index contributed by atoms with van der Waals surface area (Å²) < 4.78 is 5.08. The maximum atomic E-state index is 12.1. The molecule has 0 aliphatic heterocycles. The minimum atomic E-state index is -0.241. The molecule has 4 heteroatoms. The Kier molecular flexibility index (Phi) is 5.48. The van der Waals surface area contributed by atoms with Crippen molar-refractivity contribution < 1.29 is 14.6 Å². The summed E-state index contributed by atoms with van der Waals surface area (Å²) in [6.45, 7) is 2.96. The van der Waals surface area contributed by atoms with Crippen LogP contribution < -0.4 is 10.1 Å². The van der Waals surface area contributed by atoms with E-state index in [1.165, 1.54) is 38.9 Å². The zero-order valence-corrected chi connectivity index (χ0v) is 12.9. The van der Waals surface area contributed by atoms with Gasteiger partial charge in [-0.1, -0.05) is 26.2 Å². The molecule has 0 heterocycles. The summed E-state index contributed by atoms with van der Waals surface area (Å²) in [7, 11) is 1.54. The summed E-state index contributed by atoms with van der Waals surface area (Å²) in [5.74, 6) is 1.84. The lowest BCUT2D eigenvalue weighted by atomic mass is 9.81. The van der Waals surface area contributed by atoms with Crippen molar-refractivity contribution in [3.05, 3.63) is 23.8 Å². The van der Waals surface area contributed by atoms with Crippen LogP contribution in [0.1, 0.15) is 49.4 Å². The van der Waals surface area contributed by atoms with Crippen LogP contribution >= 0.6 is 0 Å². The number of carbonyl (C=O) groups excluding carboxylic acids is 1. The fourth-order valence-corrected chi connectivity index (χ4v) is 3.13. The first-order chi connectivity index (χ1) is 10.1. The number of nitrogens with one attached hydrogen (secondary N) is 1. The van der Waals surface area contributed by atoms with Gasteiger partial charge in [0.05, 0.1) is 12.7 Å². The van der Waals surface area contributed by atoms with Gasteiger partial charge in [-0.3, -0.25) is 4.79 Å². The van der Waals surface area contributed by atoms with Crippen LogP contribution in [-0.2, 0) is 0 Å². The molecule has 1 aliphatic rings. The smallest absolute Gasteiger partial charge is 0.255 e. The predicted octanol–water partition coefficient (Wildman–Crippen LogP) is 3.35. The second-order valence-electron chi connectivity index (χ2n) is 6.07. The van der Waals surface area contributed by atoms with E-state index in [2.05, 4.69) is 12.2 Å². The third-order valence-electron chi connectivity index (χ3n) is 4.33. The first-order valence-corrected chi connectivity index (χ1v) is 7.75. The first kappa shape index (κ1) is 15.7. The highest BCUT2D eigenvalue weighted by Gasteiger charge is 2.19. The molecule has 0 aromatic heterocycles. The van der Waals surface area contributed by atoms with Crippen LogP contribution in [0.15, 0.2) is 18.2 Å². The highest BCUT2D eigenvalue weighted by Crippen LogP contribution is 2.30. The minimum Gasteiger partial charge on any atom is -0.507 e. The summed E-state index contributed by atoms with van der Waals surface area (Å²) in [5, 5.41) is 12.7. The molecule has 0 bridgehead atoms. The van der Waals surface area contributed by atoms with Crippen molar-refractivity contribution in [2.45, 2.75) is 39.0 Å². The van der Waals surface area contributed by atoms with Crippen molar-refractivity contribution in [1.82, 2.24) is 5.32 Å². The first-order valence-electron chi connectivity index (χ1n) is 7.75. The van der Waals surface area contributed by atoms with E-state index in [1.807, 2.05) is 0 Å². The van der Waals surface area contributed by atoms with Gasteiger partial charge in [-0.2, -0.15) is 0 Å². The number of rotatable bonds is 5. The highest BCUT2D eigenvalue weighted by atomic mass is 16.5. The molecule has 1 fully saturated rings. The molecule has 1 saturated carbocycles. The summed E-state index contributed by atoms with van der Waals surface area (Å²) in [6.07, 6.45) is 6.18. The molecule has 2 N–H and O–H groups in total. The van der Waals surface area contributed by atoms with Gasteiger partial charge in [-0.05, 0) is 42.9 Å². The molecule has 21 heavy (non-hydrogen) atoms. The van der Waals surface area contributed by atoms with Crippen molar-refractivity contribution in [2.75, 3.05) is 13.7 Å². The van der Waals surface area contributed by atoms with E-state index >= 15 is 0 Å². The minimum absolute atomic E-state index is 0.0143. The molecule has 0 radical (unpaired) electrons. The Balaban J connectivity index is 1.84. The van der Waals surface area contributed by atoms with Gasteiger partial charge in [0.2, 0.25) is 0 Å². The number of phenolic OH excluding ortho intramolecular Hbond substituents is 1. The van der Waals surface area contributed by atoms with Crippen molar-refractivity contribution in [1.29, 1.82) is 0 Å². The molecule has 2 atom stereocenters. The fraction of sp³-hybridized carbons (Fsp3) is 0.588. The van der Waals surface area contributed by atoms with E-state index in [4.69, 9.17) is 4.74 Å². The number of ether oxygens (including phenoxy) is 1. The van der Waals surface area contributed by atoms with Crippen LogP contribution in [0, 0.1) is 11.8 Å². The molecule has 1 amide bonds. The second kappa shape index (κ2) is 7.34. The Bertz CT molecular complexity index is 487. The van der Waals surface area contributed by atoms with Crippen LogP contribution in [0.5, 0.6) is 11.5 Å². The lowest BCUT2D eigenvalue weighted by Crippen LogP contribution is -2.27. The Morgan fingerprint density at radius 2 is 2.24 bits per heavy atom. The highest BCUT2D eigenvalue weighted by molar-refractivity contribution is 5.97. The van der Waals surface area contributed by atoms with E-state index in [-0.39, 0.29) is 17.2 Å². The van der Waals surface area contributed by atoms with E-state index in [0.29, 0.717) is 18.2 Å². The number of aromatic hydroxyl groups is 1. The third-order valence-corrected chi connectivity index (χ3v) is 4.33. The second-order valence-corrected chi connectivity index (χ2v) is 6.07. The van der Waals surface area contributed by atoms with E-state index in [9.17, 15) is 9.90 Å². The van der Waals surface area contributed by atoms with Crippen molar-refractivity contribution in [2.24, 2.45) is 11.8 Å². The number of phenols is 1. The Labute approximate surface area is 126 Å². The predicted molar refractivity (Wildman–Crippen MR) is 82.7 cm³/mol. The van der Waals surface area contributed by atoms with Gasteiger partial charge in [0.1, 0.15) is 11.5 Å². The Morgan fingerprint density at radius 1 is 1.43 bits per heavy atom. The lowest BCUT2D eigenvalue weighted by Gasteiger charge is -2.26. The molecule has 4 nitrogen and oxygen atoms in total. The topological polar surface area (TPSA) is 58.6 Å². The standard InChI is InChI=1S/C17H25NO3/c1-12-4-3-5-13(10-12)8-9-18-17(20)15-11-14(21-2)6-7-16(15)19/h6-7,11-13,19H,3-5,8-10H2,1-2H3,(H,18,20). The van der Waals surface area contributed by atoms with Gasteiger partial charge in [0.15, 0.2) is 0 Å². The molecule has 2 rings (SSSR count). The average molecular weight is 291 g/mol. The van der Waals surface area contributed by atoms with Crippen molar-refractivity contribution in [3.63, 3.8) is 0 Å². The van der Waals surface area contributed by atoms with Gasteiger partial charge >= 0.3 is 0 Å². The zero-order valence-electron chi connectivity index (χ0n) is 12.9. The van der Waals surface area contributed by atoms with Crippen LogP contribution in [-0.4, -0.2) is 24.7 Å². The molecule has 116 valence electrons. The SMILES string of the molecule is COc1ccc(O)c(C(=O)NCCC2CCCC(C)C2)c1. The van der Waals surface area contributed by atoms with E-state index in [1.54, 1.807) is 12.1 Å². The molecule has 0 spiro atoms. The van der Waals surface area contributed by atoms with E-state index in [0.717, 1.165) is 12.3 Å². The molecule has 0 saturated heterocycles. The van der Waals surface area contributed by atoms with Crippen LogP contribution in [0.25, 0.3) is 0 Å². The maximum Gasteiger partial charge on any atom is 0.255 e. The largest absolute Gasteiger partial charge is 0.507 e. The van der Waals surface area contributed by atoms with Gasteiger partial charge in [-0.25, -0.2) is 0 Å². The molecule has 1 aromatic carbocycles. The number of hydrogen-bond donors (Lipinski definition) is 2. The van der Waals surface area contributed by atoms with Crippen LogP contribution in [0.4, 0.5) is 0 Å². The third kappa shape index (κ3) is 4.38. The summed E-state index contributed by atoms with van der Waals surface area (Å²) in [6, 6.07) is 4.68. The number of amides is 1. The average Bonchev–Trinajstić information content (AvgIpc) is 2.47. The lowest BCUT2D eigenvalue weighted by molar-refractivity contribution is 0.0946. The zero-order chi connectivity index (χ0) is 15.2. The molecular formula is C17H25NO3. The maximum absolute atomic E-state index is 12.1. The number of methoxy groups -OCH3 is 1. The van der Waals surface area contributed by atoms with E-state index < -0.39 is 0 Å². The monoisotopic (exact) mass is 291 g/mol. The molecular weight excluding hydrogens is 266 g/mol. The summed E-state index contributed by atoms with van der Waals surface area (Å²) in [4.78, 5) is 12.1. The van der Waals surface area contributed by atoms with Gasteiger partial charge in [0, 0.05) is 6.54 Å². The number of carbonyl (C=O) groups is 1. The number of hydrogen-bond acceptors (Lipinski definition) is 3. The summed E-state index contributed by atoms with van der Waals surface area (Å²) in [5.41, 5.74) is 0.270. The van der Waals surface area contributed by atoms with Gasteiger partial charge < -0.3 is 15.2 Å². The summed E-state index contributed by atoms with van der Waals surface area (Å²) >= 11 is 0. The number of benzene rings is 1. The fourth-order valence-electron chi connectivity index (χ4n) is 3.13. The molecule has 2 unspecified atom stereocenters. The molecule has 1 aromatic rings. The normalized spacial score (nSPS) is 21.8. The van der Waals surface area contributed by atoms with Crippen LogP contribution in [0.2, 0.25) is 0 Å². The molecule has 1 aliphatic carbocycles.